The predicted molar refractivity (Wildman–Crippen MR) is 78.2 cm³/mol. The van der Waals surface area contributed by atoms with E-state index in [0.29, 0.717) is 23.4 Å². The van der Waals surface area contributed by atoms with E-state index in [0.717, 1.165) is 12.8 Å². The van der Waals surface area contributed by atoms with Gasteiger partial charge < -0.3 is 0 Å². The van der Waals surface area contributed by atoms with Crippen molar-refractivity contribution >= 4 is 17.5 Å². The van der Waals surface area contributed by atoms with Crippen LogP contribution in [0.4, 0.5) is 0 Å². The summed E-state index contributed by atoms with van der Waals surface area (Å²) in [5.41, 5.74) is 1.36. The Balaban J connectivity index is 1.84. The number of hydrogen-bond acceptors (Lipinski definition) is 2. The largest absolute Gasteiger partial charge is 0.298 e. The Labute approximate surface area is 114 Å². The lowest BCUT2D eigenvalue weighted by Crippen LogP contribution is -2.12. The SMILES string of the molecule is CC(C)c1ccc(SCC(=O)C2CCCC2)cc1. The molecule has 1 aromatic rings. The van der Waals surface area contributed by atoms with Crippen molar-refractivity contribution in [3.05, 3.63) is 29.8 Å². The fourth-order valence-corrected chi connectivity index (χ4v) is 3.34. The van der Waals surface area contributed by atoms with Gasteiger partial charge in [0, 0.05) is 10.8 Å². The van der Waals surface area contributed by atoms with Crippen LogP contribution in [0, 0.1) is 5.92 Å². The normalized spacial score (nSPS) is 16.4. The van der Waals surface area contributed by atoms with E-state index in [-0.39, 0.29) is 0 Å². The zero-order valence-corrected chi connectivity index (χ0v) is 12.1. The second kappa shape index (κ2) is 6.42. The quantitative estimate of drug-likeness (QED) is 0.718. The molecule has 0 unspecified atom stereocenters. The Kier molecular flexibility index (Phi) is 4.87. The van der Waals surface area contributed by atoms with Gasteiger partial charge in [0.05, 0.1) is 5.75 Å². The van der Waals surface area contributed by atoms with Crippen LogP contribution in [0.1, 0.15) is 51.0 Å². The van der Waals surface area contributed by atoms with E-state index in [4.69, 9.17) is 0 Å². The Morgan fingerprint density at radius 3 is 2.39 bits per heavy atom. The first-order valence-electron chi connectivity index (χ1n) is 6.92. The van der Waals surface area contributed by atoms with Crippen LogP contribution in [0.5, 0.6) is 0 Å². The second-order valence-corrected chi connectivity index (χ2v) is 6.51. The molecular weight excluding hydrogens is 240 g/mol. The van der Waals surface area contributed by atoms with E-state index in [9.17, 15) is 4.79 Å². The first kappa shape index (κ1) is 13.7. The van der Waals surface area contributed by atoms with Crippen LogP contribution >= 0.6 is 11.8 Å². The minimum absolute atomic E-state index is 0.354. The number of thioether (sulfide) groups is 1. The molecule has 1 saturated carbocycles. The fourth-order valence-electron chi connectivity index (χ4n) is 2.47. The van der Waals surface area contributed by atoms with E-state index in [1.807, 2.05) is 0 Å². The number of carbonyl (C=O) groups excluding carboxylic acids is 1. The third-order valence-corrected chi connectivity index (χ3v) is 4.77. The van der Waals surface area contributed by atoms with Crippen LogP contribution in [0.3, 0.4) is 0 Å². The lowest BCUT2D eigenvalue weighted by atomic mass is 10.0. The van der Waals surface area contributed by atoms with Crippen molar-refractivity contribution in [3.8, 4) is 0 Å². The molecule has 1 aliphatic carbocycles. The Bertz CT molecular complexity index is 388. The molecule has 98 valence electrons. The third-order valence-electron chi connectivity index (χ3n) is 3.74. The molecule has 0 atom stereocenters. The zero-order valence-electron chi connectivity index (χ0n) is 11.3. The molecule has 18 heavy (non-hydrogen) atoms. The molecule has 0 bridgehead atoms. The van der Waals surface area contributed by atoms with Gasteiger partial charge in [0.15, 0.2) is 0 Å². The highest BCUT2D eigenvalue weighted by Gasteiger charge is 2.22. The standard InChI is InChI=1S/C16H22OS/c1-12(2)13-7-9-15(10-8-13)18-11-16(17)14-5-3-4-6-14/h7-10,12,14H,3-6,11H2,1-2H3. The average molecular weight is 262 g/mol. The van der Waals surface area contributed by atoms with Gasteiger partial charge in [-0.1, -0.05) is 38.8 Å². The topological polar surface area (TPSA) is 17.1 Å². The van der Waals surface area contributed by atoms with Crippen LogP contribution < -0.4 is 0 Å². The van der Waals surface area contributed by atoms with Crippen molar-refractivity contribution in [1.29, 1.82) is 0 Å². The summed E-state index contributed by atoms with van der Waals surface area (Å²) in [6, 6.07) is 8.63. The van der Waals surface area contributed by atoms with Gasteiger partial charge in [0.25, 0.3) is 0 Å². The molecule has 2 rings (SSSR count). The monoisotopic (exact) mass is 262 g/mol. The van der Waals surface area contributed by atoms with Crippen LogP contribution in [0.15, 0.2) is 29.2 Å². The van der Waals surface area contributed by atoms with Crippen molar-refractivity contribution in [1.82, 2.24) is 0 Å². The van der Waals surface area contributed by atoms with E-state index >= 15 is 0 Å². The summed E-state index contributed by atoms with van der Waals surface area (Å²) < 4.78 is 0. The van der Waals surface area contributed by atoms with E-state index in [2.05, 4.69) is 38.1 Å². The smallest absolute Gasteiger partial charge is 0.146 e. The summed E-state index contributed by atoms with van der Waals surface area (Å²) in [5.74, 6) is 2.02. The maximum atomic E-state index is 12.0. The summed E-state index contributed by atoms with van der Waals surface area (Å²) in [6.45, 7) is 4.40. The molecule has 1 aromatic carbocycles. The van der Waals surface area contributed by atoms with Crippen molar-refractivity contribution in [3.63, 3.8) is 0 Å². The summed E-state index contributed by atoms with van der Waals surface area (Å²) in [7, 11) is 0. The number of hydrogen-bond donors (Lipinski definition) is 0. The highest BCUT2D eigenvalue weighted by Crippen LogP contribution is 2.28. The number of Topliss-reactive ketones (excluding diaryl/α,β-unsaturated/α-hetero) is 1. The number of ketones is 1. The van der Waals surface area contributed by atoms with Gasteiger partial charge in [0.2, 0.25) is 0 Å². The van der Waals surface area contributed by atoms with Crippen LogP contribution in [0.25, 0.3) is 0 Å². The zero-order chi connectivity index (χ0) is 13.0. The molecule has 1 aliphatic rings. The molecular formula is C16H22OS. The summed E-state index contributed by atoms with van der Waals surface area (Å²) >= 11 is 1.69. The maximum absolute atomic E-state index is 12.0. The molecule has 0 aliphatic heterocycles. The van der Waals surface area contributed by atoms with E-state index in [1.54, 1.807) is 11.8 Å². The highest BCUT2D eigenvalue weighted by atomic mass is 32.2. The van der Waals surface area contributed by atoms with Gasteiger partial charge in [-0.15, -0.1) is 11.8 Å². The van der Waals surface area contributed by atoms with Crippen molar-refractivity contribution < 1.29 is 4.79 Å². The molecule has 1 fully saturated rings. The number of carbonyl (C=O) groups is 1. The Hall–Kier alpha value is -0.760. The molecule has 0 saturated heterocycles. The Morgan fingerprint density at radius 1 is 1.22 bits per heavy atom. The lowest BCUT2D eigenvalue weighted by molar-refractivity contribution is -0.120. The summed E-state index contributed by atoms with van der Waals surface area (Å²) in [5, 5.41) is 0. The lowest BCUT2D eigenvalue weighted by Gasteiger charge is -2.09. The molecule has 2 heteroatoms. The molecule has 0 amide bonds. The average Bonchev–Trinajstić information content (AvgIpc) is 2.90. The predicted octanol–water partition coefficient (Wildman–Crippen LogP) is 4.66. The van der Waals surface area contributed by atoms with Crippen molar-refractivity contribution in [2.24, 2.45) is 5.92 Å². The fraction of sp³-hybridized carbons (Fsp3) is 0.562. The van der Waals surface area contributed by atoms with Gasteiger partial charge in [-0.2, -0.15) is 0 Å². The van der Waals surface area contributed by atoms with Crippen molar-refractivity contribution in [2.75, 3.05) is 5.75 Å². The van der Waals surface area contributed by atoms with E-state index < -0.39 is 0 Å². The molecule has 0 N–H and O–H groups in total. The van der Waals surface area contributed by atoms with Crippen LogP contribution in [-0.4, -0.2) is 11.5 Å². The third kappa shape index (κ3) is 3.61. The number of rotatable bonds is 5. The summed E-state index contributed by atoms with van der Waals surface area (Å²) in [4.78, 5) is 13.2. The van der Waals surface area contributed by atoms with Gasteiger partial charge in [-0.3, -0.25) is 4.79 Å². The van der Waals surface area contributed by atoms with E-state index in [1.165, 1.54) is 23.3 Å². The second-order valence-electron chi connectivity index (χ2n) is 5.46. The first-order valence-corrected chi connectivity index (χ1v) is 7.91. The molecule has 0 spiro atoms. The number of benzene rings is 1. The minimum Gasteiger partial charge on any atom is -0.298 e. The molecule has 0 aromatic heterocycles. The Morgan fingerprint density at radius 2 is 1.83 bits per heavy atom. The van der Waals surface area contributed by atoms with Gasteiger partial charge in [-0.05, 0) is 36.5 Å². The van der Waals surface area contributed by atoms with Gasteiger partial charge >= 0.3 is 0 Å². The molecule has 1 nitrogen and oxygen atoms in total. The summed E-state index contributed by atoms with van der Waals surface area (Å²) in [6.07, 6.45) is 4.71. The molecule has 0 heterocycles. The van der Waals surface area contributed by atoms with Gasteiger partial charge in [-0.25, -0.2) is 0 Å². The first-order chi connectivity index (χ1) is 8.66. The highest BCUT2D eigenvalue weighted by molar-refractivity contribution is 8.00. The molecule has 0 radical (unpaired) electrons. The minimum atomic E-state index is 0.354. The van der Waals surface area contributed by atoms with Crippen LogP contribution in [-0.2, 0) is 4.79 Å². The van der Waals surface area contributed by atoms with Crippen LogP contribution in [0.2, 0.25) is 0 Å². The van der Waals surface area contributed by atoms with Crippen molar-refractivity contribution in [2.45, 2.75) is 50.3 Å². The van der Waals surface area contributed by atoms with Gasteiger partial charge in [0.1, 0.15) is 5.78 Å². The maximum Gasteiger partial charge on any atom is 0.146 e.